The molecule has 0 bridgehead atoms. The lowest BCUT2D eigenvalue weighted by Gasteiger charge is -2.11. The number of benzene rings is 3. The van der Waals surface area contributed by atoms with Gasteiger partial charge in [0.2, 0.25) is 5.88 Å². The monoisotopic (exact) mass is 344 g/mol. The van der Waals surface area contributed by atoms with Gasteiger partial charge in [-0.3, -0.25) is 0 Å². The number of halogens is 1. The van der Waals surface area contributed by atoms with Crippen LogP contribution in [0.1, 0.15) is 11.1 Å². The minimum atomic E-state index is -0.307. The zero-order chi connectivity index (χ0) is 18.1. The van der Waals surface area contributed by atoms with E-state index in [1.54, 1.807) is 12.1 Å². The fourth-order valence-electron chi connectivity index (χ4n) is 2.87. The van der Waals surface area contributed by atoms with Gasteiger partial charge in [0.1, 0.15) is 17.3 Å². The molecule has 0 unspecified atom stereocenters. The Morgan fingerprint density at radius 1 is 0.769 bits per heavy atom. The highest BCUT2D eigenvalue weighted by Crippen LogP contribution is 2.33. The first-order valence-electron chi connectivity index (χ1n) is 8.38. The lowest BCUT2D eigenvalue weighted by Crippen LogP contribution is -1.96. The summed E-state index contributed by atoms with van der Waals surface area (Å²) in [6, 6.07) is 20.0. The Bertz CT molecular complexity index is 1090. The Kier molecular flexibility index (Phi) is 4.09. The van der Waals surface area contributed by atoms with Crippen LogP contribution in [-0.4, -0.2) is 10.2 Å². The molecule has 4 rings (SSSR count). The topological polar surface area (TPSA) is 35.0 Å². The summed E-state index contributed by atoms with van der Waals surface area (Å²) in [6.45, 7) is 4.17. The standard InChI is InChI=1S/C22H17FN2O/c1-14-7-8-16(13-15(14)2)21-19-5-3-4-6-20(19)22(25-24-21)26-18-11-9-17(23)10-12-18/h3-13H,1-2H3. The van der Waals surface area contributed by atoms with Crippen molar-refractivity contribution in [2.45, 2.75) is 13.8 Å². The molecule has 0 spiro atoms. The van der Waals surface area contributed by atoms with Crippen LogP contribution < -0.4 is 4.74 Å². The molecule has 3 aromatic carbocycles. The van der Waals surface area contributed by atoms with Gasteiger partial charge in [-0.1, -0.05) is 30.3 Å². The quantitative estimate of drug-likeness (QED) is 0.468. The molecule has 3 nitrogen and oxygen atoms in total. The molecule has 0 aliphatic heterocycles. The Labute approximate surface area is 151 Å². The van der Waals surface area contributed by atoms with Crippen LogP contribution in [0.2, 0.25) is 0 Å². The van der Waals surface area contributed by atoms with Crippen LogP contribution in [0.25, 0.3) is 22.0 Å². The van der Waals surface area contributed by atoms with E-state index >= 15 is 0 Å². The van der Waals surface area contributed by atoms with Gasteiger partial charge in [0, 0.05) is 16.3 Å². The highest BCUT2D eigenvalue weighted by molar-refractivity contribution is 5.97. The average Bonchev–Trinajstić information content (AvgIpc) is 2.66. The SMILES string of the molecule is Cc1ccc(-c2nnc(Oc3ccc(F)cc3)c3ccccc23)cc1C. The molecule has 4 heteroatoms. The third-order valence-corrected chi connectivity index (χ3v) is 4.46. The number of fused-ring (bicyclic) bond motifs is 1. The highest BCUT2D eigenvalue weighted by Gasteiger charge is 2.13. The number of rotatable bonds is 3. The Balaban J connectivity index is 1.82. The van der Waals surface area contributed by atoms with E-state index < -0.39 is 0 Å². The molecule has 0 amide bonds. The summed E-state index contributed by atoms with van der Waals surface area (Å²) in [4.78, 5) is 0. The Hall–Kier alpha value is -3.27. The van der Waals surface area contributed by atoms with Crippen molar-refractivity contribution in [1.82, 2.24) is 10.2 Å². The number of aromatic nitrogens is 2. The molecule has 0 aliphatic carbocycles. The first-order valence-corrected chi connectivity index (χ1v) is 8.38. The van der Waals surface area contributed by atoms with Crippen LogP contribution in [0, 0.1) is 19.7 Å². The van der Waals surface area contributed by atoms with E-state index in [1.807, 2.05) is 24.3 Å². The molecule has 26 heavy (non-hydrogen) atoms. The average molecular weight is 344 g/mol. The fourth-order valence-corrected chi connectivity index (χ4v) is 2.87. The molecule has 0 fully saturated rings. The van der Waals surface area contributed by atoms with Crippen molar-refractivity contribution in [3.8, 4) is 22.9 Å². The summed E-state index contributed by atoms with van der Waals surface area (Å²) in [7, 11) is 0. The van der Waals surface area contributed by atoms with Crippen molar-refractivity contribution in [3.05, 3.63) is 83.7 Å². The van der Waals surface area contributed by atoms with Crippen LogP contribution in [0.15, 0.2) is 66.7 Å². The van der Waals surface area contributed by atoms with E-state index in [-0.39, 0.29) is 5.82 Å². The summed E-state index contributed by atoms with van der Waals surface area (Å²) in [6.07, 6.45) is 0. The molecule has 0 saturated heterocycles. The minimum Gasteiger partial charge on any atom is -0.437 e. The predicted molar refractivity (Wildman–Crippen MR) is 101 cm³/mol. The van der Waals surface area contributed by atoms with Gasteiger partial charge in [-0.25, -0.2) is 4.39 Å². The van der Waals surface area contributed by atoms with Crippen molar-refractivity contribution < 1.29 is 9.13 Å². The van der Waals surface area contributed by atoms with Crippen LogP contribution in [0.4, 0.5) is 4.39 Å². The van der Waals surface area contributed by atoms with Gasteiger partial charge in [0.25, 0.3) is 0 Å². The maximum atomic E-state index is 13.1. The second kappa shape index (κ2) is 6.56. The normalized spacial score (nSPS) is 10.9. The van der Waals surface area contributed by atoms with E-state index in [4.69, 9.17) is 4.74 Å². The second-order valence-corrected chi connectivity index (χ2v) is 6.25. The number of nitrogens with zero attached hydrogens (tertiary/aromatic N) is 2. The van der Waals surface area contributed by atoms with Gasteiger partial charge in [-0.15, -0.1) is 10.2 Å². The Morgan fingerprint density at radius 3 is 2.23 bits per heavy atom. The third kappa shape index (κ3) is 3.02. The minimum absolute atomic E-state index is 0.307. The number of hydrogen-bond donors (Lipinski definition) is 0. The van der Waals surface area contributed by atoms with Crippen molar-refractivity contribution >= 4 is 10.8 Å². The molecule has 1 aromatic heterocycles. The van der Waals surface area contributed by atoms with Gasteiger partial charge in [-0.2, -0.15) is 0 Å². The number of ether oxygens (including phenoxy) is 1. The van der Waals surface area contributed by atoms with Gasteiger partial charge in [0.15, 0.2) is 0 Å². The van der Waals surface area contributed by atoms with Gasteiger partial charge < -0.3 is 4.74 Å². The predicted octanol–water partition coefficient (Wildman–Crippen LogP) is 5.85. The second-order valence-electron chi connectivity index (χ2n) is 6.25. The van der Waals surface area contributed by atoms with E-state index in [2.05, 4.69) is 42.2 Å². The summed E-state index contributed by atoms with van der Waals surface area (Å²) in [5.41, 5.74) is 4.28. The maximum absolute atomic E-state index is 13.1. The van der Waals surface area contributed by atoms with E-state index in [9.17, 15) is 4.39 Å². The van der Waals surface area contributed by atoms with Crippen molar-refractivity contribution in [2.24, 2.45) is 0 Å². The van der Waals surface area contributed by atoms with Crippen LogP contribution >= 0.6 is 0 Å². The van der Waals surface area contributed by atoms with Crippen molar-refractivity contribution in [3.63, 3.8) is 0 Å². The molecular formula is C22H17FN2O. The van der Waals surface area contributed by atoms with Crippen LogP contribution in [-0.2, 0) is 0 Å². The van der Waals surface area contributed by atoms with Gasteiger partial charge >= 0.3 is 0 Å². The van der Waals surface area contributed by atoms with Gasteiger partial charge in [0.05, 0.1) is 0 Å². The molecule has 1 heterocycles. The molecule has 0 N–H and O–H groups in total. The maximum Gasteiger partial charge on any atom is 0.246 e. The summed E-state index contributed by atoms with van der Waals surface area (Å²) < 4.78 is 18.9. The van der Waals surface area contributed by atoms with Crippen LogP contribution in [0.5, 0.6) is 11.6 Å². The number of aryl methyl sites for hydroxylation is 2. The van der Waals surface area contributed by atoms with Crippen LogP contribution in [0.3, 0.4) is 0 Å². The summed E-state index contributed by atoms with van der Waals surface area (Å²) in [5, 5.41) is 10.5. The van der Waals surface area contributed by atoms with Crippen molar-refractivity contribution in [2.75, 3.05) is 0 Å². The molecule has 0 aliphatic rings. The molecule has 0 saturated carbocycles. The summed E-state index contributed by atoms with van der Waals surface area (Å²) in [5.74, 6) is 0.614. The van der Waals surface area contributed by atoms with E-state index in [0.29, 0.717) is 11.6 Å². The largest absolute Gasteiger partial charge is 0.437 e. The first kappa shape index (κ1) is 16.2. The molecule has 128 valence electrons. The fraction of sp³-hybridized carbons (Fsp3) is 0.0909. The highest BCUT2D eigenvalue weighted by atomic mass is 19.1. The van der Waals surface area contributed by atoms with E-state index in [0.717, 1.165) is 22.0 Å². The van der Waals surface area contributed by atoms with E-state index in [1.165, 1.54) is 23.3 Å². The molecule has 0 atom stereocenters. The third-order valence-electron chi connectivity index (χ3n) is 4.46. The molecule has 4 aromatic rings. The van der Waals surface area contributed by atoms with Gasteiger partial charge in [-0.05, 0) is 61.4 Å². The number of hydrogen-bond acceptors (Lipinski definition) is 3. The Morgan fingerprint density at radius 2 is 1.50 bits per heavy atom. The lowest BCUT2D eigenvalue weighted by atomic mass is 10.0. The summed E-state index contributed by atoms with van der Waals surface area (Å²) >= 11 is 0. The molecule has 0 radical (unpaired) electrons. The molecular weight excluding hydrogens is 327 g/mol. The smallest absolute Gasteiger partial charge is 0.246 e. The lowest BCUT2D eigenvalue weighted by molar-refractivity contribution is 0.460. The van der Waals surface area contributed by atoms with Crippen molar-refractivity contribution in [1.29, 1.82) is 0 Å². The zero-order valence-electron chi connectivity index (χ0n) is 14.5. The zero-order valence-corrected chi connectivity index (χ0v) is 14.5. The first-order chi connectivity index (χ1) is 12.6.